The molecule has 0 amide bonds. The van der Waals surface area contributed by atoms with Crippen molar-refractivity contribution in [3.8, 4) is 11.4 Å². The van der Waals surface area contributed by atoms with Gasteiger partial charge in [0, 0.05) is 30.9 Å². The molecule has 0 bridgehead atoms. The first-order chi connectivity index (χ1) is 14.6. The summed E-state index contributed by atoms with van der Waals surface area (Å²) in [6.07, 6.45) is 3.30. The molecule has 4 heterocycles. The Morgan fingerprint density at radius 2 is 1.87 bits per heavy atom. The van der Waals surface area contributed by atoms with Crippen LogP contribution in [0.2, 0.25) is 0 Å². The van der Waals surface area contributed by atoms with Crippen molar-refractivity contribution in [2.75, 3.05) is 36.0 Å². The lowest BCUT2D eigenvalue weighted by Gasteiger charge is -2.34. The van der Waals surface area contributed by atoms with Gasteiger partial charge >= 0.3 is 0 Å². The second kappa shape index (κ2) is 8.31. The molecule has 2 aromatic heterocycles. The van der Waals surface area contributed by atoms with Crippen LogP contribution in [-0.2, 0) is 0 Å². The monoisotopic (exact) mass is 444 g/mol. The summed E-state index contributed by atoms with van der Waals surface area (Å²) in [5, 5.41) is 1.77. The number of aromatic nitrogens is 2. The van der Waals surface area contributed by atoms with E-state index in [9.17, 15) is 4.39 Å². The summed E-state index contributed by atoms with van der Waals surface area (Å²) < 4.78 is 15.5. The van der Waals surface area contributed by atoms with Crippen molar-refractivity contribution in [1.82, 2.24) is 9.97 Å². The van der Waals surface area contributed by atoms with E-state index in [0.717, 1.165) is 48.0 Å². The summed E-state index contributed by atoms with van der Waals surface area (Å²) in [7, 11) is 0. The summed E-state index contributed by atoms with van der Waals surface area (Å²) >= 11 is 7.85. The zero-order valence-corrected chi connectivity index (χ0v) is 18.7. The van der Waals surface area contributed by atoms with Crippen molar-refractivity contribution in [2.45, 2.75) is 44.2 Å². The zero-order valence-electron chi connectivity index (χ0n) is 17.2. The van der Waals surface area contributed by atoms with Gasteiger partial charge in [0.05, 0.1) is 22.1 Å². The standard InChI is InChI=1S/C23H26ClFN4S/c1-15-14-30-21-20(15)26-22(27-23(21)28-10-5-2-6-11-28)16-7-3-4-8-19(16)29-12-9-17(24)18(25)13-29/h3-4,7-8,14,17-18H,2,5-6,9-13H2,1H3. The number of anilines is 2. The first-order valence-corrected chi connectivity index (χ1v) is 12.1. The van der Waals surface area contributed by atoms with Gasteiger partial charge in [0.25, 0.3) is 0 Å². The van der Waals surface area contributed by atoms with Crippen LogP contribution < -0.4 is 9.80 Å². The quantitative estimate of drug-likeness (QED) is 0.477. The summed E-state index contributed by atoms with van der Waals surface area (Å²) in [5.41, 5.74) is 4.16. The lowest BCUT2D eigenvalue weighted by molar-refractivity contribution is 0.292. The van der Waals surface area contributed by atoms with Crippen LogP contribution in [0.4, 0.5) is 15.9 Å². The number of alkyl halides is 2. The number of thiophene rings is 1. The van der Waals surface area contributed by atoms with Crippen LogP contribution in [0.25, 0.3) is 21.6 Å². The van der Waals surface area contributed by atoms with Gasteiger partial charge in [-0.3, -0.25) is 0 Å². The number of nitrogens with zero attached hydrogens (tertiary/aromatic N) is 4. The molecule has 158 valence electrons. The number of hydrogen-bond donors (Lipinski definition) is 0. The lowest BCUT2D eigenvalue weighted by atomic mass is 10.0. The maximum Gasteiger partial charge on any atom is 0.164 e. The predicted octanol–water partition coefficient (Wildman–Crippen LogP) is 5.81. The van der Waals surface area contributed by atoms with Gasteiger partial charge in [0.2, 0.25) is 0 Å². The smallest absolute Gasteiger partial charge is 0.164 e. The van der Waals surface area contributed by atoms with Crippen molar-refractivity contribution in [3.05, 3.63) is 35.2 Å². The number of piperidine rings is 2. The first-order valence-electron chi connectivity index (χ1n) is 10.7. The molecule has 0 radical (unpaired) electrons. The fourth-order valence-corrected chi connectivity index (χ4v) is 5.67. The molecule has 2 unspecified atom stereocenters. The topological polar surface area (TPSA) is 32.3 Å². The molecule has 7 heteroatoms. The van der Waals surface area contributed by atoms with Gasteiger partial charge in [-0.25, -0.2) is 14.4 Å². The highest BCUT2D eigenvalue weighted by atomic mass is 35.5. The molecule has 0 spiro atoms. The third-order valence-electron chi connectivity index (χ3n) is 6.18. The number of benzene rings is 1. The van der Waals surface area contributed by atoms with Gasteiger partial charge in [0.15, 0.2) is 11.6 Å². The molecule has 2 aliphatic heterocycles. The predicted molar refractivity (Wildman–Crippen MR) is 125 cm³/mol. The van der Waals surface area contributed by atoms with E-state index in [0.29, 0.717) is 13.0 Å². The Hall–Kier alpha value is -1.92. The molecular weight excluding hydrogens is 419 g/mol. The maximum absolute atomic E-state index is 14.4. The Balaban J connectivity index is 1.61. The molecule has 2 saturated heterocycles. The van der Waals surface area contributed by atoms with E-state index in [1.165, 1.54) is 29.5 Å². The van der Waals surface area contributed by atoms with Crippen molar-refractivity contribution < 1.29 is 4.39 Å². The number of fused-ring (bicyclic) bond motifs is 1. The average molecular weight is 445 g/mol. The van der Waals surface area contributed by atoms with Crippen molar-refractivity contribution >= 4 is 44.7 Å². The van der Waals surface area contributed by atoms with E-state index in [1.54, 1.807) is 11.3 Å². The third-order valence-corrected chi connectivity index (χ3v) is 7.75. The number of hydrogen-bond acceptors (Lipinski definition) is 5. The third kappa shape index (κ3) is 3.65. The van der Waals surface area contributed by atoms with Gasteiger partial charge in [0.1, 0.15) is 6.17 Å². The van der Waals surface area contributed by atoms with Crippen LogP contribution in [0.15, 0.2) is 29.6 Å². The van der Waals surface area contributed by atoms with E-state index in [1.807, 2.05) is 18.2 Å². The number of rotatable bonds is 3. The SMILES string of the molecule is Cc1csc2c(N3CCCCC3)nc(-c3ccccc3N3CCC(Cl)C(F)C3)nc12. The molecular formula is C23H26ClFN4S. The fourth-order valence-electron chi connectivity index (χ4n) is 4.49. The van der Waals surface area contributed by atoms with Crippen LogP contribution in [0.5, 0.6) is 0 Å². The van der Waals surface area contributed by atoms with Crippen LogP contribution >= 0.6 is 22.9 Å². The second-order valence-electron chi connectivity index (χ2n) is 8.30. The van der Waals surface area contributed by atoms with E-state index < -0.39 is 11.5 Å². The highest BCUT2D eigenvalue weighted by molar-refractivity contribution is 7.18. The summed E-state index contributed by atoms with van der Waals surface area (Å²) in [4.78, 5) is 14.6. The minimum absolute atomic E-state index is 0.309. The van der Waals surface area contributed by atoms with E-state index in [4.69, 9.17) is 21.6 Å². The Morgan fingerprint density at radius 1 is 1.07 bits per heavy atom. The molecule has 30 heavy (non-hydrogen) atoms. The van der Waals surface area contributed by atoms with Gasteiger partial charge in [-0.1, -0.05) is 12.1 Å². The highest BCUT2D eigenvalue weighted by Gasteiger charge is 2.29. The molecule has 4 nitrogen and oxygen atoms in total. The lowest BCUT2D eigenvalue weighted by Crippen LogP contribution is -2.42. The number of halogens is 2. The number of aryl methyl sites for hydroxylation is 1. The Morgan fingerprint density at radius 3 is 2.67 bits per heavy atom. The average Bonchev–Trinajstić information content (AvgIpc) is 3.16. The molecule has 2 fully saturated rings. The van der Waals surface area contributed by atoms with Gasteiger partial charge in [-0.2, -0.15) is 0 Å². The minimum Gasteiger partial charge on any atom is -0.368 e. The van der Waals surface area contributed by atoms with Crippen molar-refractivity contribution in [1.29, 1.82) is 0 Å². The second-order valence-corrected chi connectivity index (χ2v) is 9.74. The van der Waals surface area contributed by atoms with Gasteiger partial charge in [-0.15, -0.1) is 22.9 Å². The van der Waals surface area contributed by atoms with Crippen LogP contribution in [-0.4, -0.2) is 47.7 Å². The van der Waals surface area contributed by atoms with Crippen molar-refractivity contribution in [2.24, 2.45) is 0 Å². The minimum atomic E-state index is -1.03. The highest BCUT2D eigenvalue weighted by Crippen LogP contribution is 2.38. The molecule has 0 N–H and O–H groups in total. The van der Waals surface area contributed by atoms with Crippen LogP contribution in [0.3, 0.4) is 0 Å². The molecule has 0 saturated carbocycles. The zero-order chi connectivity index (χ0) is 20.7. The van der Waals surface area contributed by atoms with Gasteiger partial charge < -0.3 is 9.80 Å². The maximum atomic E-state index is 14.4. The first kappa shape index (κ1) is 20.0. The van der Waals surface area contributed by atoms with E-state index in [2.05, 4.69) is 28.2 Å². The van der Waals surface area contributed by atoms with Gasteiger partial charge in [-0.05, 0) is 55.7 Å². The number of para-hydroxylation sites is 1. The summed E-state index contributed by atoms with van der Waals surface area (Å²) in [6, 6.07) is 8.11. The van der Waals surface area contributed by atoms with E-state index in [-0.39, 0.29) is 0 Å². The Labute approximate surface area is 185 Å². The largest absolute Gasteiger partial charge is 0.368 e. The molecule has 1 aromatic carbocycles. The molecule has 3 aromatic rings. The molecule has 2 atom stereocenters. The molecule has 0 aliphatic carbocycles. The summed E-state index contributed by atoms with van der Waals surface area (Å²) in [6.45, 7) is 5.24. The van der Waals surface area contributed by atoms with Crippen LogP contribution in [0.1, 0.15) is 31.2 Å². The Kier molecular flexibility index (Phi) is 5.54. The van der Waals surface area contributed by atoms with E-state index >= 15 is 0 Å². The normalized spacial score (nSPS) is 22.6. The summed E-state index contributed by atoms with van der Waals surface area (Å²) in [5.74, 6) is 1.77. The van der Waals surface area contributed by atoms with Crippen LogP contribution in [0, 0.1) is 6.92 Å². The fraction of sp³-hybridized carbons (Fsp3) is 0.478. The molecule has 2 aliphatic rings. The Bertz CT molecular complexity index is 1050. The molecule has 5 rings (SSSR count). The van der Waals surface area contributed by atoms with Crippen molar-refractivity contribution in [3.63, 3.8) is 0 Å².